The lowest BCUT2D eigenvalue weighted by Crippen LogP contribution is -2.21. The van der Waals surface area contributed by atoms with E-state index in [-0.39, 0.29) is 11.7 Å². The first-order valence-corrected chi connectivity index (χ1v) is 6.35. The number of carbonyl (C=O) groups is 1. The number of hydrogen-bond acceptors (Lipinski definition) is 3. The highest BCUT2D eigenvalue weighted by Gasteiger charge is 2.16. The van der Waals surface area contributed by atoms with Crippen LogP contribution in [0.5, 0.6) is 0 Å². The van der Waals surface area contributed by atoms with E-state index in [0.29, 0.717) is 11.6 Å². The average Bonchev–Trinajstić information content (AvgIpc) is 2.35. The van der Waals surface area contributed by atoms with Crippen LogP contribution in [0.1, 0.15) is 50.9 Å². The molecule has 0 atom stereocenters. The number of anilines is 1. The highest BCUT2D eigenvalue weighted by atomic mass is 16.1. The van der Waals surface area contributed by atoms with Crippen molar-refractivity contribution in [1.82, 2.24) is 4.98 Å². The van der Waals surface area contributed by atoms with Gasteiger partial charge in [0.15, 0.2) is 5.78 Å². The summed E-state index contributed by atoms with van der Waals surface area (Å²) in [5, 5.41) is 3.35. The van der Waals surface area contributed by atoms with Gasteiger partial charge in [-0.3, -0.25) is 4.79 Å². The van der Waals surface area contributed by atoms with E-state index in [2.05, 4.69) is 24.1 Å². The van der Waals surface area contributed by atoms with E-state index in [4.69, 9.17) is 0 Å². The van der Waals surface area contributed by atoms with Crippen molar-refractivity contribution >= 4 is 11.6 Å². The van der Waals surface area contributed by atoms with Crippen LogP contribution in [-0.4, -0.2) is 16.8 Å². The van der Waals surface area contributed by atoms with Gasteiger partial charge in [-0.25, -0.2) is 4.98 Å². The molecule has 0 saturated carbocycles. The van der Waals surface area contributed by atoms with Crippen LogP contribution in [-0.2, 0) is 0 Å². The van der Waals surface area contributed by atoms with Crippen molar-refractivity contribution in [3.05, 3.63) is 23.9 Å². The fourth-order valence-corrected chi connectivity index (χ4v) is 1.72. The van der Waals surface area contributed by atoms with Crippen LogP contribution < -0.4 is 5.32 Å². The van der Waals surface area contributed by atoms with Crippen molar-refractivity contribution in [2.24, 2.45) is 5.92 Å². The molecule has 1 aromatic heterocycles. The first-order valence-electron chi connectivity index (χ1n) is 6.35. The van der Waals surface area contributed by atoms with Crippen LogP contribution >= 0.6 is 0 Å². The molecule has 3 nitrogen and oxygen atoms in total. The van der Waals surface area contributed by atoms with Crippen LogP contribution in [0.15, 0.2) is 18.3 Å². The molecule has 0 aromatic carbocycles. The van der Waals surface area contributed by atoms with E-state index < -0.39 is 0 Å². The zero-order chi connectivity index (χ0) is 12.8. The molecule has 0 saturated heterocycles. The lowest BCUT2D eigenvalue weighted by Gasteiger charge is -2.18. The minimum atomic E-state index is 0.00135. The van der Waals surface area contributed by atoms with E-state index in [1.807, 2.05) is 26.0 Å². The van der Waals surface area contributed by atoms with Crippen molar-refractivity contribution in [2.75, 3.05) is 5.32 Å². The third-order valence-corrected chi connectivity index (χ3v) is 2.92. The normalized spacial score (nSPS) is 10.9. The second-order valence-electron chi connectivity index (χ2n) is 4.58. The summed E-state index contributed by atoms with van der Waals surface area (Å²) in [4.78, 5) is 16.3. The number of nitrogens with one attached hydrogen (secondary N) is 1. The Hall–Kier alpha value is -1.38. The van der Waals surface area contributed by atoms with Gasteiger partial charge in [-0.1, -0.05) is 27.7 Å². The third-order valence-electron chi connectivity index (χ3n) is 2.92. The maximum absolute atomic E-state index is 12.0. The Morgan fingerprint density at radius 3 is 2.53 bits per heavy atom. The Kier molecular flexibility index (Phi) is 5.13. The minimum Gasteiger partial charge on any atom is -0.367 e. The van der Waals surface area contributed by atoms with Crippen molar-refractivity contribution in [2.45, 2.75) is 46.6 Å². The van der Waals surface area contributed by atoms with Gasteiger partial charge >= 0.3 is 0 Å². The van der Waals surface area contributed by atoms with Gasteiger partial charge in [-0.15, -0.1) is 0 Å². The molecule has 0 radical (unpaired) electrons. The molecule has 0 aliphatic carbocycles. The molecule has 1 heterocycles. The number of hydrogen-bond donors (Lipinski definition) is 1. The molecule has 1 N–H and O–H groups in total. The predicted octanol–water partition coefficient (Wildman–Crippen LogP) is 3.52. The van der Waals surface area contributed by atoms with Gasteiger partial charge in [-0.2, -0.15) is 0 Å². The lowest BCUT2D eigenvalue weighted by molar-refractivity contribution is 0.0940. The standard InChI is InChI=1S/C14H22N2O/c1-5-11(6-2)16-14-12(8-7-9-15-14)13(17)10(3)4/h7-11H,5-6H2,1-4H3,(H,15,16). The van der Waals surface area contributed by atoms with Gasteiger partial charge in [0.05, 0.1) is 5.56 Å². The summed E-state index contributed by atoms with van der Waals surface area (Å²) in [7, 11) is 0. The molecule has 0 unspecified atom stereocenters. The van der Waals surface area contributed by atoms with Crippen molar-refractivity contribution < 1.29 is 4.79 Å². The zero-order valence-corrected chi connectivity index (χ0v) is 11.2. The van der Waals surface area contributed by atoms with Crippen LogP contribution in [0.4, 0.5) is 5.82 Å². The van der Waals surface area contributed by atoms with Gasteiger partial charge in [0.25, 0.3) is 0 Å². The summed E-state index contributed by atoms with van der Waals surface area (Å²) in [6.45, 7) is 8.09. The quantitative estimate of drug-likeness (QED) is 0.766. The molecule has 0 spiro atoms. The van der Waals surface area contributed by atoms with Crippen LogP contribution in [0, 0.1) is 5.92 Å². The highest BCUT2D eigenvalue weighted by molar-refractivity contribution is 6.01. The summed E-state index contributed by atoms with van der Waals surface area (Å²) in [5.74, 6) is 0.868. The Labute approximate surface area is 104 Å². The molecule has 3 heteroatoms. The molecule has 0 bridgehead atoms. The zero-order valence-electron chi connectivity index (χ0n) is 11.2. The fourth-order valence-electron chi connectivity index (χ4n) is 1.72. The number of rotatable bonds is 6. The van der Waals surface area contributed by atoms with E-state index >= 15 is 0 Å². The number of ketones is 1. The van der Waals surface area contributed by atoms with Gasteiger partial charge in [0.1, 0.15) is 5.82 Å². The number of pyridine rings is 1. The number of aromatic nitrogens is 1. The Bertz CT molecular complexity index is 370. The molecule has 0 aliphatic rings. The molecule has 0 aliphatic heterocycles. The molecule has 1 rings (SSSR count). The molecule has 94 valence electrons. The van der Waals surface area contributed by atoms with Gasteiger partial charge in [0, 0.05) is 18.2 Å². The Balaban J connectivity index is 2.95. The Morgan fingerprint density at radius 2 is 2.00 bits per heavy atom. The molecule has 0 amide bonds. The van der Waals surface area contributed by atoms with Gasteiger partial charge in [0.2, 0.25) is 0 Å². The molecular weight excluding hydrogens is 212 g/mol. The summed E-state index contributed by atoms with van der Waals surface area (Å²) in [5.41, 5.74) is 0.703. The SMILES string of the molecule is CCC(CC)Nc1ncccc1C(=O)C(C)C. The van der Waals surface area contributed by atoms with Gasteiger partial charge in [-0.05, 0) is 25.0 Å². The van der Waals surface area contributed by atoms with E-state index in [0.717, 1.165) is 18.7 Å². The smallest absolute Gasteiger partial charge is 0.169 e. The van der Waals surface area contributed by atoms with Crippen molar-refractivity contribution in [3.8, 4) is 0 Å². The number of nitrogens with zero attached hydrogens (tertiary/aromatic N) is 1. The van der Waals surface area contributed by atoms with Crippen LogP contribution in [0.2, 0.25) is 0 Å². The van der Waals surface area contributed by atoms with E-state index in [1.54, 1.807) is 6.20 Å². The predicted molar refractivity (Wildman–Crippen MR) is 71.4 cm³/mol. The number of carbonyl (C=O) groups excluding carboxylic acids is 1. The molecular formula is C14H22N2O. The summed E-state index contributed by atoms with van der Waals surface area (Å²) in [6.07, 6.45) is 3.78. The lowest BCUT2D eigenvalue weighted by atomic mass is 10.0. The second-order valence-corrected chi connectivity index (χ2v) is 4.58. The second kappa shape index (κ2) is 6.38. The third kappa shape index (κ3) is 3.55. The summed E-state index contributed by atoms with van der Waals surface area (Å²) in [6, 6.07) is 4.04. The van der Waals surface area contributed by atoms with E-state index in [1.165, 1.54) is 0 Å². The summed E-state index contributed by atoms with van der Waals surface area (Å²) >= 11 is 0. The van der Waals surface area contributed by atoms with Crippen molar-refractivity contribution in [3.63, 3.8) is 0 Å². The molecule has 1 aromatic rings. The largest absolute Gasteiger partial charge is 0.367 e. The van der Waals surface area contributed by atoms with Crippen LogP contribution in [0.3, 0.4) is 0 Å². The maximum atomic E-state index is 12.0. The van der Waals surface area contributed by atoms with Gasteiger partial charge < -0.3 is 5.32 Å². The first kappa shape index (κ1) is 13.7. The minimum absolute atomic E-state index is 0.00135. The average molecular weight is 234 g/mol. The van der Waals surface area contributed by atoms with E-state index in [9.17, 15) is 4.79 Å². The van der Waals surface area contributed by atoms with Crippen LogP contribution in [0.25, 0.3) is 0 Å². The number of Topliss-reactive ketones (excluding diaryl/α,β-unsaturated/α-hetero) is 1. The molecule has 0 fully saturated rings. The fraction of sp³-hybridized carbons (Fsp3) is 0.571. The monoisotopic (exact) mass is 234 g/mol. The topological polar surface area (TPSA) is 42.0 Å². The molecule has 17 heavy (non-hydrogen) atoms. The first-order chi connectivity index (χ1) is 8.10. The Morgan fingerprint density at radius 1 is 1.35 bits per heavy atom. The highest BCUT2D eigenvalue weighted by Crippen LogP contribution is 2.18. The maximum Gasteiger partial charge on any atom is 0.169 e. The summed E-state index contributed by atoms with van der Waals surface area (Å²) < 4.78 is 0. The van der Waals surface area contributed by atoms with Crippen molar-refractivity contribution in [1.29, 1.82) is 0 Å².